The van der Waals surface area contributed by atoms with Gasteiger partial charge in [0.25, 0.3) is 5.41 Å². The summed E-state index contributed by atoms with van der Waals surface area (Å²) in [5.74, 6) is -2.51. The maximum absolute atomic E-state index is 12.8. The minimum Gasteiger partial charge on any atom is -0.368 e. The van der Waals surface area contributed by atoms with Crippen molar-refractivity contribution in [2.75, 3.05) is 10.7 Å². The van der Waals surface area contributed by atoms with Crippen LogP contribution < -0.4 is 5.73 Å². The van der Waals surface area contributed by atoms with Gasteiger partial charge in [-0.3, -0.25) is 4.79 Å². The Morgan fingerprint density at radius 2 is 1.24 bits per heavy atom. The fourth-order valence-corrected chi connectivity index (χ4v) is 2.76. The third-order valence-corrected chi connectivity index (χ3v) is 4.32. The Balaban J connectivity index is 0.000000697. The van der Waals surface area contributed by atoms with Crippen LogP contribution in [0.4, 0.5) is 26.3 Å². The normalized spacial score (nSPS) is 12.3. The first kappa shape index (κ1) is 24.2. The highest BCUT2D eigenvalue weighted by Gasteiger charge is 2.75. The molecule has 2 N–H and O–H groups in total. The SMILES string of the molecule is BrCCCCCBr.NC(=O)C(c1ccccc1)(C(F)(F)F)C(F)(F)F. The first-order valence-electron chi connectivity index (χ1n) is 7.07. The van der Waals surface area contributed by atoms with E-state index < -0.39 is 29.2 Å². The number of primary amides is 1. The van der Waals surface area contributed by atoms with E-state index >= 15 is 0 Å². The van der Waals surface area contributed by atoms with Gasteiger partial charge in [0, 0.05) is 10.7 Å². The zero-order valence-electron chi connectivity index (χ0n) is 12.9. The molecule has 0 aliphatic heterocycles. The van der Waals surface area contributed by atoms with Gasteiger partial charge in [0.2, 0.25) is 5.91 Å². The molecular weight excluding hydrogens is 484 g/mol. The number of rotatable bonds is 6. The molecule has 2 nitrogen and oxygen atoms in total. The van der Waals surface area contributed by atoms with E-state index in [1.165, 1.54) is 25.3 Å². The Bertz CT molecular complexity index is 501. The summed E-state index contributed by atoms with van der Waals surface area (Å²) >= 11 is 6.73. The standard InChI is InChI=1S/C10H7F6NO.C5H10Br2/c11-9(12,13)8(7(17)18,10(14,15)16)6-4-2-1-3-5-6;6-4-2-1-3-5-7/h1-5H,(H2,17,18);1-5H2. The molecular formula is C15H17Br2F6NO. The minimum absolute atomic E-state index is 0.561. The molecule has 1 aromatic carbocycles. The maximum atomic E-state index is 12.8. The van der Waals surface area contributed by atoms with Gasteiger partial charge in [0.15, 0.2) is 0 Å². The average molecular weight is 501 g/mol. The molecule has 0 heterocycles. The molecule has 0 saturated heterocycles. The van der Waals surface area contributed by atoms with Crippen molar-refractivity contribution >= 4 is 37.8 Å². The first-order valence-corrected chi connectivity index (χ1v) is 9.31. The van der Waals surface area contributed by atoms with Gasteiger partial charge in [-0.15, -0.1) is 0 Å². The van der Waals surface area contributed by atoms with Gasteiger partial charge in [-0.2, -0.15) is 26.3 Å². The van der Waals surface area contributed by atoms with E-state index in [2.05, 4.69) is 37.6 Å². The van der Waals surface area contributed by atoms with Gasteiger partial charge in [0.05, 0.1) is 0 Å². The lowest BCUT2D eigenvalue weighted by Crippen LogP contribution is -2.61. The Kier molecular flexibility index (Phi) is 10.1. The van der Waals surface area contributed by atoms with E-state index in [0.29, 0.717) is 12.1 Å². The molecule has 0 aromatic heterocycles. The van der Waals surface area contributed by atoms with Crippen LogP contribution in [-0.4, -0.2) is 28.9 Å². The second-order valence-corrected chi connectivity index (χ2v) is 6.50. The summed E-state index contributed by atoms with van der Waals surface area (Å²) in [5.41, 5.74) is -1.55. The van der Waals surface area contributed by atoms with Crippen LogP contribution in [0.15, 0.2) is 30.3 Å². The quantitative estimate of drug-likeness (QED) is 0.313. The number of nitrogens with two attached hydrogens (primary N) is 1. The first-order chi connectivity index (χ1) is 11.5. The lowest BCUT2D eigenvalue weighted by atomic mass is 9.78. The largest absolute Gasteiger partial charge is 0.416 e. The van der Waals surface area contributed by atoms with Gasteiger partial charge in [-0.05, 0) is 18.4 Å². The number of unbranched alkanes of at least 4 members (excludes halogenated alkanes) is 2. The highest BCUT2D eigenvalue weighted by atomic mass is 79.9. The maximum Gasteiger partial charge on any atom is 0.416 e. The summed E-state index contributed by atoms with van der Waals surface area (Å²) in [6.45, 7) is 0. The monoisotopic (exact) mass is 499 g/mol. The summed E-state index contributed by atoms with van der Waals surface area (Å²) in [6.07, 6.45) is -7.79. The second kappa shape index (κ2) is 10.4. The fourth-order valence-electron chi connectivity index (χ4n) is 1.96. The van der Waals surface area contributed by atoms with Crippen molar-refractivity contribution in [1.82, 2.24) is 0 Å². The van der Waals surface area contributed by atoms with Crippen molar-refractivity contribution in [2.24, 2.45) is 5.73 Å². The molecule has 0 saturated carbocycles. The second-order valence-electron chi connectivity index (χ2n) is 4.91. The highest BCUT2D eigenvalue weighted by Crippen LogP contribution is 2.51. The lowest BCUT2D eigenvalue weighted by molar-refractivity contribution is -0.290. The molecule has 0 radical (unpaired) electrons. The fraction of sp³-hybridized carbons (Fsp3) is 0.533. The molecule has 25 heavy (non-hydrogen) atoms. The number of alkyl halides is 8. The van der Waals surface area contributed by atoms with Gasteiger partial charge >= 0.3 is 12.4 Å². The van der Waals surface area contributed by atoms with Crippen LogP contribution in [0.25, 0.3) is 0 Å². The topological polar surface area (TPSA) is 43.1 Å². The third-order valence-electron chi connectivity index (χ3n) is 3.19. The van der Waals surface area contributed by atoms with Crippen molar-refractivity contribution in [3.8, 4) is 0 Å². The molecule has 1 aromatic rings. The Morgan fingerprint density at radius 1 is 0.840 bits per heavy atom. The van der Waals surface area contributed by atoms with E-state index in [1.807, 2.05) is 0 Å². The van der Waals surface area contributed by atoms with E-state index in [4.69, 9.17) is 0 Å². The lowest BCUT2D eigenvalue weighted by Gasteiger charge is -2.34. The van der Waals surface area contributed by atoms with Gasteiger partial charge in [-0.1, -0.05) is 68.6 Å². The smallest absolute Gasteiger partial charge is 0.368 e. The van der Waals surface area contributed by atoms with Crippen LogP contribution in [0.5, 0.6) is 0 Å². The molecule has 0 spiro atoms. The predicted molar refractivity (Wildman–Crippen MR) is 90.9 cm³/mol. The van der Waals surface area contributed by atoms with Crippen LogP contribution in [0.2, 0.25) is 0 Å². The van der Waals surface area contributed by atoms with Crippen molar-refractivity contribution < 1.29 is 31.1 Å². The average Bonchev–Trinajstić information content (AvgIpc) is 2.46. The minimum atomic E-state index is -5.88. The molecule has 0 aliphatic carbocycles. The molecule has 0 fully saturated rings. The number of carbonyl (C=O) groups excluding carboxylic acids is 1. The van der Waals surface area contributed by atoms with Gasteiger partial charge in [-0.25, -0.2) is 0 Å². The molecule has 0 bridgehead atoms. The van der Waals surface area contributed by atoms with Crippen molar-refractivity contribution in [2.45, 2.75) is 37.0 Å². The van der Waals surface area contributed by atoms with Crippen LogP contribution in [0.3, 0.4) is 0 Å². The molecule has 0 unspecified atom stereocenters. The summed E-state index contributed by atoms with van der Waals surface area (Å²) in [6, 6.07) is 4.27. The Hall–Kier alpha value is -0.770. The van der Waals surface area contributed by atoms with E-state index in [0.717, 1.165) is 22.8 Å². The Labute approximate surface area is 158 Å². The number of hydrogen-bond donors (Lipinski definition) is 1. The van der Waals surface area contributed by atoms with E-state index in [1.54, 1.807) is 0 Å². The zero-order chi connectivity index (χ0) is 19.7. The van der Waals surface area contributed by atoms with Gasteiger partial charge in [0.1, 0.15) is 0 Å². The zero-order valence-corrected chi connectivity index (χ0v) is 16.1. The van der Waals surface area contributed by atoms with Crippen molar-refractivity contribution in [3.63, 3.8) is 0 Å². The summed E-state index contributed by atoms with van der Waals surface area (Å²) in [5, 5.41) is 2.31. The number of benzene rings is 1. The molecule has 0 atom stereocenters. The molecule has 1 rings (SSSR count). The van der Waals surface area contributed by atoms with Crippen LogP contribution in [-0.2, 0) is 10.2 Å². The van der Waals surface area contributed by atoms with E-state index in [9.17, 15) is 31.1 Å². The van der Waals surface area contributed by atoms with Crippen LogP contribution >= 0.6 is 31.9 Å². The third kappa shape index (κ3) is 6.16. The molecule has 0 aliphatic rings. The summed E-state index contributed by atoms with van der Waals surface area (Å²) in [4.78, 5) is 10.9. The predicted octanol–water partition coefficient (Wildman–Crippen LogP) is 5.48. The summed E-state index contributed by atoms with van der Waals surface area (Å²) in [7, 11) is 0. The number of carbonyl (C=O) groups is 1. The molecule has 144 valence electrons. The van der Waals surface area contributed by atoms with Gasteiger partial charge < -0.3 is 5.73 Å². The van der Waals surface area contributed by atoms with Crippen molar-refractivity contribution in [3.05, 3.63) is 35.9 Å². The number of hydrogen-bond acceptors (Lipinski definition) is 1. The van der Waals surface area contributed by atoms with Crippen LogP contribution in [0.1, 0.15) is 24.8 Å². The van der Waals surface area contributed by atoms with E-state index in [-0.39, 0.29) is 0 Å². The van der Waals surface area contributed by atoms with Crippen molar-refractivity contribution in [1.29, 1.82) is 0 Å². The summed E-state index contributed by atoms with van der Waals surface area (Å²) < 4.78 is 76.7. The molecule has 10 heteroatoms. The number of halogens is 8. The highest BCUT2D eigenvalue weighted by molar-refractivity contribution is 9.09. The van der Waals surface area contributed by atoms with Crippen LogP contribution in [0, 0.1) is 0 Å². The number of amides is 1. The molecule has 1 amide bonds. The Morgan fingerprint density at radius 3 is 1.52 bits per heavy atom.